The smallest absolute Gasteiger partial charge is 0.407 e. The molecule has 0 aromatic heterocycles. The van der Waals surface area contributed by atoms with Gasteiger partial charge < -0.3 is 15.8 Å². The molecule has 2 atom stereocenters. The van der Waals surface area contributed by atoms with E-state index in [4.69, 9.17) is 10.5 Å². The van der Waals surface area contributed by atoms with Crippen LogP contribution in [0, 0.1) is 0 Å². The van der Waals surface area contributed by atoms with E-state index in [-0.39, 0.29) is 6.04 Å². The second-order valence-corrected chi connectivity index (χ2v) is 7.21. The van der Waals surface area contributed by atoms with Crippen LogP contribution in [-0.2, 0) is 4.74 Å². The minimum Gasteiger partial charge on any atom is -0.444 e. The van der Waals surface area contributed by atoms with Crippen molar-refractivity contribution in [3.05, 3.63) is 42.0 Å². The molecule has 3 N–H and O–H groups in total. The van der Waals surface area contributed by atoms with Gasteiger partial charge in [0.15, 0.2) is 0 Å². The topological polar surface area (TPSA) is 64.3 Å². The summed E-state index contributed by atoms with van der Waals surface area (Å²) < 4.78 is 5.32. The predicted octanol–water partition coefficient (Wildman–Crippen LogP) is 3.47. The molecule has 22 heavy (non-hydrogen) atoms. The summed E-state index contributed by atoms with van der Waals surface area (Å²) in [6.07, 6.45) is 3.17. The number of hydrogen-bond acceptors (Lipinski definition) is 3. The van der Waals surface area contributed by atoms with Crippen molar-refractivity contribution >= 4 is 11.7 Å². The van der Waals surface area contributed by atoms with Gasteiger partial charge in [0.25, 0.3) is 0 Å². The zero-order valence-corrected chi connectivity index (χ0v) is 13.8. The van der Waals surface area contributed by atoms with Crippen molar-refractivity contribution in [1.82, 2.24) is 5.32 Å². The number of alkyl carbamates (subject to hydrolysis) is 1. The number of nitrogens with two attached hydrogens (primary N) is 1. The lowest BCUT2D eigenvalue weighted by molar-refractivity contribution is 0.0479. The standard InChI is InChI=1S/C18H26N2O2/c1-17(2,3)22-16(21)20-15-11-10-14(12-18(15,4)19)13-8-6-5-7-9-13/h5-10,15H,11-12,19H2,1-4H3,(H,20,21)/t15-,18-/m0/s1. The highest BCUT2D eigenvalue weighted by Gasteiger charge is 2.35. The van der Waals surface area contributed by atoms with Crippen LogP contribution in [0.15, 0.2) is 36.4 Å². The SMILES string of the molecule is CC(C)(C)OC(=O)N[C@H]1CC=C(c2ccccc2)C[C@]1(C)N. The highest BCUT2D eigenvalue weighted by Crippen LogP contribution is 2.32. The van der Waals surface area contributed by atoms with E-state index in [1.807, 2.05) is 45.9 Å². The zero-order chi connectivity index (χ0) is 16.4. The first-order valence-corrected chi connectivity index (χ1v) is 7.70. The third kappa shape index (κ3) is 4.34. The van der Waals surface area contributed by atoms with Gasteiger partial charge in [-0.2, -0.15) is 0 Å². The summed E-state index contributed by atoms with van der Waals surface area (Å²) in [4.78, 5) is 12.0. The van der Waals surface area contributed by atoms with Crippen LogP contribution in [0.25, 0.3) is 5.57 Å². The van der Waals surface area contributed by atoms with Crippen molar-refractivity contribution in [1.29, 1.82) is 0 Å². The normalized spacial score (nSPS) is 25.3. The number of amides is 1. The fourth-order valence-corrected chi connectivity index (χ4v) is 2.68. The van der Waals surface area contributed by atoms with E-state index in [0.29, 0.717) is 6.42 Å². The number of carbonyl (C=O) groups is 1. The minimum atomic E-state index is -0.505. The summed E-state index contributed by atoms with van der Waals surface area (Å²) in [6, 6.07) is 10.1. The third-order valence-electron chi connectivity index (χ3n) is 3.80. The lowest BCUT2D eigenvalue weighted by Gasteiger charge is -2.38. The molecule has 120 valence electrons. The summed E-state index contributed by atoms with van der Waals surface area (Å²) in [5.41, 5.74) is 7.86. The second-order valence-electron chi connectivity index (χ2n) is 7.21. The van der Waals surface area contributed by atoms with E-state index in [0.717, 1.165) is 6.42 Å². The summed E-state index contributed by atoms with van der Waals surface area (Å²) in [7, 11) is 0. The molecule has 1 aliphatic rings. The molecule has 1 aliphatic carbocycles. The number of benzene rings is 1. The molecule has 0 saturated carbocycles. The monoisotopic (exact) mass is 302 g/mol. The van der Waals surface area contributed by atoms with Gasteiger partial charge in [-0.25, -0.2) is 4.79 Å². The summed E-state index contributed by atoms with van der Waals surface area (Å²) in [6.45, 7) is 7.53. The van der Waals surface area contributed by atoms with Crippen molar-refractivity contribution in [3.63, 3.8) is 0 Å². The molecule has 0 spiro atoms. The van der Waals surface area contributed by atoms with Gasteiger partial charge in [0.1, 0.15) is 5.60 Å². The molecule has 0 unspecified atom stereocenters. The van der Waals surface area contributed by atoms with Gasteiger partial charge in [-0.1, -0.05) is 36.4 Å². The number of carbonyl (C=O) groups excluding carboxylic acids is 1. The van der Waals surface area contributed by atoms with Gasteiger partial charge in [-0.15, -0.1) is 0 Å². The van der Waals surface area contributed by atoms with Crippen LogP contribution in [-0.4, -0.2) is 23.3 Å². The van der Waals surface area contributed by atoms with E-state index in [2.05, 4.69) is 23.5 Å². The van der Waals surface area contributed by atoms with E-state index in [1.165, 1.54) is 11.1 Å². The molecule has 1 aromatic carbocycles. The molecule has 0 aliphatic heterocycles. The molecule has 4 nitrogen and oxygen atoms in total. The van der Waals surface area contributed by atoms with Crippen LogP contribution >= 0.6 is 0 Å². The lowest BCUT2D eigenvalue weighted by Crippen LogP contribution is -2.58. The van der Waals surface area contributed by atoms with E-state index in [1.54, 1.807) is 0 Å². The highest BCUT2D eigenvalue weighted by molar-refractivity contribution is 5.71. The summed E-state index contributed by atoms with van der Waals surface area (Å²) >= 11 is 0. The molecule has 0 saturated heterocycles. The predicted molar refractivity (Wildman–Crippen MR) is 89.4 cm³/mol. The molecular formula is C18H26N2O2. The fourth-order valence-electron chi connectivity index (χ4n) is 2.68. The largest absolute Gasteiger partial charge is 0.444 e. The Labute approximate surface area is 132 Å². The Morgan fingerprint density at radius 3 is 2.50 bits per heavy atom. The van der Waals surface area contributed by atoms with Gasteiger partial charge in [0, 0.05) is 5.54 Å². The number of rotatable bonds is 2. The van der Waals surface area contributed by atoms with Crippen LogP contribution in [0.1, 0.15) is 46.1 Å². The molecule has 2 rings (SSSR count). The van der Waals surface area contributed by atoms with Crippen molar-refractivity contribution in [2.24, 2.45) is 5.73 Å². The summed E-state index contributed by atoms with van der Waals surface area (Å²) in [5.74, 6) is 0. The molecule has 0 fully saturated rings. The first-order chi connectivity index (χ1) is 10.2. The third-order valence-corrected chi connectivity index (χ3v) is 3.80. The van der Waals surface area contributed by atoms with Gasteiger partial charge in [-0.05, 0) is 51.7 Å². The molecular weight excluding hydrogens is 276 g/mol. The molecule has 1 amide bonds. The van der Waals surface area contributed by atoms with E-state index >= 15 is 0 Å². The van der Waals surface area contributed by atoms with Gasteiger partial charge in [0.2, 0.25) is 0 Å². The minimum absolute atomic E-state index is 0.130. The molecule has 0 radical (unpaired) electrons. The number of hydrogen-bond donors (Lipinski definition) is 2. The van der Waals surface area contributed by atoms with Crippen molar-refractivity contribution in [2.45, 2.75) is 57.7 Å². The Bertz CT molecular complexity index is 556. The quantitative estimate of drug-likeness (QED) is 0.879. The Balaban J connectivity index is 2.07. The Hall–Kier alpha value is -1.81. The van der Waals surface area contributed by atoms with E-state index in [9.17, 15) is 4.79 Å². The van der Waals surface area contributed by atoms with E-state index < -0.39 is 17.2 Å². The van der Waals surface area contributed by atoms with Crippen molar-refractivity contribution in [2.75, 3.05) is 0 Å². The van der Waals surface area contributed by atoms with Crippen LogP contribution in [0.5, 0.6) is 0 Å². The lowest BCUT2D eigenvalue weighted by atomic mass is 9.78. The average molecular weight is 302 g/mol. The molecule has 4 heteroatoms. The number of nitrogens with one attached hydrogen (secondary N) is 1. The van der Waals surface area contributed by atoms with Crippen LogP contribution in [0.4, 0.5) is 4.79 Å². The first kappa shape index (κ1) is 16.6. The maximum absolute atomic E-state index is 12.0. The van der Waals surface area contributed by atoms with Crippen LogP contribution in [0.3, 0.4) is 0 Å². The molecule has 0 heterocycles. The Morgan fingerprint density at radius 2 is 1.95 bits per heavy atom. The van der Waals surface area contributed by atoms with Crippen molar-refractivity contribution < 1.29 is 9.53 Å². The molecule has 0 bridgehead atoms. The highest BCUT2D eigenvalue weighted by atomic mass is 16.6. The Kier molecular flexibility index (Phi) is 4.61. The number of ether oxygens (including phenoxy) is 1. The second kappa shape index (κ2) is 6.13. The first-order valence-electron chi connectivity index (χ1n) is 7.70. The zero-order valence-electron chi connectivity index (χ0n) is 13.8. The maximum atomic E-state index is 12.0. The fraction of sp³-hybridized carbons (Fsp3) is 0.500. The maximum Gasteiger partial charge on any atom is 0.407 e. The molecule has 1 aromatic rings. The van der Waals surface area contributed by atoms with Gasteiger partial charge in [0.05, 0.1) is 6.04 Å². The Morgan fingerprint density at radius 1 is 1.32 bits per heavy atom. The summed E-state index contributed by atoms with van der Waals surface area (Å²) in [5, 5.41) is 2.91. The van der Waals surface area contributed by atoms with Gasteiger partial charge >= 0.3 is 6.09 Å². The van der Waals surface area contributed by atoms with Crippen LogP contribution in [0.2, 0.25) is 0 Å². The van der Waals surface area contributed by atoms with Crippen LogP contribution < -0.4 is 11.1 Å². The average Bonchev–Trinajstić information content (AvgIpc) is 2.39. The van der Waals surface area contributed by atoms with Crippen molar-refractivity contribution in [3.8, 4) is 0 Å². The van der Waals surface area contributed by atoms with Gasteiger partial charge in [-0.3, -0.25) is 0 Å².